The second kappa shape index (κ2) is 4.13. The van der Waals surface area contributed by atoms with Gasteiger partial charge in [0.05, 0.1) is 11.4 Å². The molecule has 82 valence electrons. The first-order chi connectivity index (χ1) is 7.20. The van der Waals surface area contributed by atoms with Crippen LogP contribution in [-0.2, 0) is 0 Å². The number of hydrogen-bond acceptors (Lipinski definition) is 2. The van der Waals surface area contributed by atoms with Crippen LogP contribution in [0.4, 0.5) is 11.4 Å². The SMILES string of the molecule is CCN1CC(C)CNc2cc(C)ccc21. The van der Waals surface area contributed by atoms with Crippen LogP contribution < -0.4 is 10.2 Å². The van der Waals surface area contributed by atoms with Crippen molar-refractivity contribution in [2.45, 2.75) is 20.8 Å². The van der Waals surface area contributed by atoms with E-state index in [4.69, 9.17) is 0 Å². The fourth-order valence-corrected chi connectivity index (χ4v) is 2.19. The minimum absolute atomic E-state index is 0.706. The molecular weight excluding hydrogens is 184 g/mol. The quantitative estimate of drug-likeness (QED) is 0.756. The Bertz CT molecular complexity index is 346. The maximum absolute atomic E-state index is 3.54. The summed E-state index contributed by atoms with van der Waals surface area (Å²) in [6.45, 7) is 9.98. The summed E-state index contributed by atoms with van der Waals surface area (Å²) in [5.41, 5.74) is 3.97. The van der Waals surface area contributed by atoms with Crippen molar-refractivity contribution in [3.05, 3.63) is 23.8 Å². The molecule has 1 unspecified atom stereocenters. The summed E-state index contributed by atoms with van der Waals surface area (Å²) in [7, 11) is 0. The first kappa shape index (κ1) is 10.3. The van der Waals surface area contributed by atoms with E-state index in [9.17, 15) is 0 Å². The number of hydrogen-bond donors (Lipinski definition) is 1. The summed E-state index contributed by atoms with van der Waals surface area (Å²) < 4.78 is 0. The summed E-state index contributed by atoms with van der Waals surface area (Å²) in [5.74, 6) is 0.706. The first-order valence-electron chi connectivity index (χ1n) is 5.80. The van der Waals surface area contributed by atoms with Gasteiger partial charge in [-0.2, -0.15) is 0 Å². The summed E-state index contributed by atoms with van der Waals surface area (Å²) in [6, 6.07) is 6.67. The van der Waals surface area contributed by atoms with E-state index in [-0.39, 0.29) is 0 Å². The third-order valence-electron chi connectivity index (χ3n) is 3.05. The Morgan fingerprint density at radius 2 is 2.27 bits per heavy atom. The highest BCUT2D eigenvalue weighted by atomic mass is 15.2. The lowest BCUT2D eigenvalue weighted by Crippen LogP contribution is -2.28. The van der Waals surface area contributed by atoms with Gasteiger partial charge in [0.1, 0.15) is 0 Å². The number of anilines is 2. The number of nitrogens with zero attached hydrogens (tertiary/aromatic N) is 1. The van der Waals surface area contributed by atoms with Crippen LogP contribution in [0.5, 0.6) is 0 Å². The van der Waals surface area contributed by atoms with Crippen molar-refractivity contribution in [2.24, 2.45) is 5.92 Å². The van der Waals surface area contributed by atoms with E-state index in [0.29, 0.717) is 5.92 Å². The molecule has 0 bridgehead atoms. The summed E-state index contributed by atoms with van der Waals surface area (Å²) in [6.07, 6.45) is 0. The lowest BCUT2D eigenvalue weighted by molar-refractivity contribution is 0.602. The molecule has 1 aromatic rings. The summed E-state index contributed by atoms with van der Waals surface area (Å²) in [4.78, 5) is 2.46. The van der Waals surface area contributed by atoms with Gasteiger partial charge in [0, 0.05) is 19.6 Å². The minimum atomic E-state index is 0.706. The van der Waals surface area contributed by atoms with Crippen LogP contribution in [0.15, 0.2) is 18.2 Å². The second-order valence-electron chi connectivity index (χ2n) is 4.55. The molecular formula is C13H20N2. The predicted molar refractivity (Wildman–Crippen MR) is 66.7 cm³/mol. The normalized spacial score (nSPS) is 20.5. The van der Waals surface area contributed by atoms with Gasteiger partial charge in [-0.25, -0.2) is 0 Å². The van der Waals surface area contributed by atoms with Gasteiger partial charge in [0.2, 0.25) is 0 Å². The van der Waals surface area contributed by atoms with E-state index < -0.39 is 0 Å². The van der Waals surface area contributed by atoms with Gasteiger partial charge in [-0.15, -0.1) is 0 Å². The van der Waals surface area contributed by atoms with Crippen molar-refractivity contribution in [3.63, 3.8) is 0 Å². The van der Waals surface area contributed by atoms with Gasteiger partial charge in [0.15, 0.2) is 0 Å². The Morgan fingerprint density at radius 1 is 1.47 bits per heavy atom. The van der Waals surface area contributed by atoms with Crippen LogP contribution in [0.25, 0.3) is 0 Å². The number of nitrogens with one attached hydrogen (secondary N) is 1. The van der Waals surface area contributed by atoms with E-state index in [1.54, 1.807) is 0 Å². The topological polar surface area (TPSA) is 15.3 Å². The van der Waals surface area contributed by atoms with Gasteiger partial charge >= 0.3 is 0 Å². The fraction of sp³-hybridized carbons (Fsp3) is 0.538. The lowest BCUT2D eigenvalue weighted by Gasteiger charge is -2.24. The van der Waals surface area contributed by atoms with Crippen LogP contribution in [0.3, 0.4) is 0 Å². The van der Waals surface area contributed by atoms with Gasteiger partial charge < -0.3 is 10.2 Å². The highest BCUT2D eigenvalue weighted by molar-refractivity contribution is 5.71. The van der Waals surface area contributed by atoms with Gasteiger partial charge in [0.25, 0.3) is 0 Å². The third kappa shape index (κ3) is 2.09. The molecule has 1 atom stereocenters. The molecule has 1 aromatic carbocycles. The third-order valence-corrected chi connectivity index (χ3v) is 3.05. The minimum Gasteiger partial charge on any atom is -0.383 e. The molecule has 0 radical (unpaired) electrons. The standard InChI is InChI=1S/C13H20N2/c1-4-15-9-11(3)8-14-12-7-10(2)5-6-13(12)15/h5-7,11,14H,4,8-9H2,1-3H3. The molecule has 0 saturated heterocycles. The maximum Gasteiger partial charge on any atom is 0.0602 e. The Balaban J connectivity index is 2.38. The molecule has 1 heterocycles. The molecule has 0 amide bonds. The van der Waals surface area contributed by atoms with E-state index >= 15 is 0 Å². The van der Waals surface area contributed by atoms with Gasteiger partial charge in [-0.3, -0.25) is 0 Å². The molecule has 1 N–H and O–H groups in total. The highest BCUT2D eigenvalue weighted by Crippen LogP contribution is 2.30. The van der Waals surface area contributed by atoms with Gasteiger partial charge in [-0.1, -0.05) is 13.0 Å². The molecule has 1 aliphatic rings. The summed E-state index contributed by atoms with van der Waals surface area (Å²) in [5, 5.41) is 3.54. The first-order valence-corrected chi connectivity index (χ1v) is 5.80. The van der Waals surface area contributed by atoms with Crippen LogP contribution in [-0.4, -0.2) is 19.6 Å². The molecule has 2 nitrogen and oxygen atoms in total. The average Bonchev–Trinajstić information content (AvgIpc) is 2.38. The zero-order chi connectivity index (χ0) is 10.8. The number of fused-ring (bicyclic) bond motifs is 1. The Morgan fingerprint density at radius 3 is 3.00 bits per heavy atom. The van der Waals surface area contributed by atoms with E-state index in [1.165, 1.54) is 16.9 Å². The summed E-state index contributed by atoms with van der Waals surface area (Å²) >= 11 is 0. The van der Waals surface area contributed by atoms with Crippen molar-refractivity contribution >= 4 is 11.4 Å². The predicted octanol–water partition coefficient (Wildman–Crippen LogP) is 2.88. The second-order valence-corrected chi connectivity index (χ2v) is 4.55. The van der Waals surface area contributed by atoms with Crippen molar-refractivity contribution in [1.82, 2.24) is 0 Å². The zero-order valence-electron chi connectivity index (χ0n) is 9.88. The van der Waals surface area contributed by atoms with Crippen LogP contribution in [0, 0.1) is 12.8 Å². The molecule has 0 aromatic heterocycles. The van der Waals surface area contributed by atoms with E-state index in [2.05, 4.69) is 49.2 Å². The number of benzene rings is 1. The molecule has 0 saturated carbocycles. The molecule has 0 spiro atoms. The maximum atomic E-state index is 3.54. The molecule has 2 rings (SSSR count). The van der Waals surface area contributed by atoms with Crippen molar-refractivity contribution < 1.29 is 0 Å². The average molecular weight is 204 g/mol. The van der Waals surface area contributed by atoms with E-state index in [1.807, 2.05) is 0 Å². The molecule has 2 heteroatoms. The lowest BCUT2D eigenvalue weighted by atomic mass is 10.1. The van der Waals surface area contributed by atoms with Gasteiger partial charge in [-0.05, 0) is 37.5 Å². The molecule has 15 heavy (non-hydrogen) atoms. The molecule has 1 aliphatic heterocycles. The Labute approximate surface area is 92.3 Å². The fourth-order valence-electron chi connectivity index (χ4n) is 2.19. The van der Waals surface area contributed by atoms with Crippen molar-refractivity contribution in [3.8, 4) is 0 Å². The van der Waals surface area contributed by atoms with E-state index in [0.717, 1.165) is 19.6 Å². The largest absolute Gasteiger partial charge is 0.383 e. The number of rotatable bonds is 1. The van der Waals surface area contributed by atoms with Crippen molar-refractivity contribution in [1.29, 1.82) is 0 Å². The number of aryl methyl sites for hydroxylation is 1. The van der Waals surface area contributed by atoms with Crippen LogP contribution in [0.1, 0.15) is 19.4 Å². The Kier molecular flexibility index (Phi) is 2.85. The smallest absolute Gasteiger partial charge is 0.0602 e. The Hall–Kier alpha value is -1.18. The van der Waals surface area contributed by atoms with Crippen LogP contribution in [0.2, 0.25) is 0 Å². The molecule has 0 aliphatic carbocycles. The monoisotopic (exact) mass is 204 g/mol. The zero-order valence-corrected chi connectivity index (χ0v) is 9.88. The molecule has 0 fully saturated rings. The van der Waals surface area contributed by atoms with Crippen LogP contribution >= 0.6 is 0 Å². The highest BCUT2D eigenvalue weighted by Gasteiger charge is 2.17. The van der Waals surface area contributed by atoms with Crippen molar-refractivity contribution in [2.75, 3.05) is 29.9 Å².